The Labute approximate surface area is 153 Å². The molecular formula is C20H26N2O4. The summed E-state index contributed by atoms with van der Waals surface area (Å²) in [7, 11) is 0. The topological polar surface area (TPSA) is 75.7 Å². The number of rotatable bonds is 5. The summed E-state index contributed by atoms with van der Waals surface area (Å²) in [6, 6.07) is 7.81. The van der Waals surface area contributed by atoms with E-state index in [-0.39, 0.29) is 30.9 Å². The maximum Gasteiger partial charge on any atom is 0.311 e. The zero-order chi connectivity index (χ0) is 18.5. The van der Waals surface area contributed by atoms with Gasteiger partial charge in [-0.15, -0.1) is 0 Å². The smallest absolute Gasteiger partial charge is 0.311 e. The molecule has 6 heteroatoms. The van der Waals surface area contributed by atoms with Crippen LogP contribution in [0.4, 0.5) is 5.69 Å². The van der Waals surface area contributed by atoms with Gasteiger partial charge in [0.05, 0.1) is 5.92 Å². The molecule has 1 aliphatic carbocycles. The minimum absolute atomic E-state index is 0.0949. The summed E-state index contributed by atoms with van der Waals surface area (Å²) in [5.74, 6) is -1.36. The Morgan fingerprint density at radius 3 is 2.54 bits per heavy atom. The van der Waals surface area contributed by atoms with Gasteiger partial charge >= 0.3 is 5.97 Å². The van der Waals surface area contributed by atoms with Crippen molar-refractivity contribution in [2.75, 3.05) is 18.1 Å². The van der Waals surface area contributed by atoms with Crippen LogP contribution in [0.2, 0.25) is 0 Å². The van der Waals surface area contributed by atoms with Crippen molar-refractivity contribution in [3.63, 3.8) is 0 Å². The second-order valence-electron chi connectivity index (χ2n) is 7.25. The number of aryl methyl sites for hydroxylation is 1. The van der Waals surface area contributed by atoms with Crippen LogP contribution in [0.15, 0.2) is 24.3 Å². The maximum atomic E-state index is 12.2. The first kappa shape index (κ1) is 18.4. The Bertz CT molecular complexity index is 665. The highest BCUT2D eigenvalue weighted by Crippen LogP contribution is 2.26. The van der Waals surface area contributed by atoms with Crippen LogP contribution in [0.5, 0.6) is 0 Å². The molecule has 1 N–H and O–H groups in total. The predicted molar refractivity (Wildman–Crippen MR) is 97.6 cm³/mol. The van der Waals surface area contributed by atoms with Crippen molar-refractivity contribution in [1.82, 2.24) is 5.32 Å². The summed E-state index contributed by atoms with van der Waals surface area (Å²) in [5, 5.41) is 2.92. The Morgan fingerprint density at radius 2 is 1.85 bits per heavy atom. The maximum absolute atomic E-state index is 12.2. The Morgan fingerprint density at radius 1 is 1.15 bits per heavy atom. The zero-order valence-electron chi connectivity index (χ0n) is 15.2. The first-order valence-electron chi connectivity index (χ1n) is 9.36. The van der Waals surface area contributed by atoms with Crippen molar-refractivity contribution in [3.8, 4) is 0 Å². The minimum atomic E-state index is -0.522. The Kier molecular flexibility index (Phi) is 5.91. The van der Waals surface area contributed by atoms with Crippen LogP contribution < -0.4 is 10.2 Å². The van der Waals surface area contributed by atoms with E-state index in [0.29, 0.717) is 6.54 Å². The number of carbonyl (C=O) groups is 3. The minimum Gasteiger partial charge on any atom is -0.455 e. The molecule has 1 heterocycles. The van der Waals surface area contributed by atoms with Crippen molar-refractivity contribution >= 4 is 23.5 Å². The fourth-order valence-electron chi connectivity index (χ4n) is 3.61. The van der Waals surface area contributed by atoms with Gasteiger partial charge in [-0.3, -0.25) is 14.4 Å². The van der Waals surface area contributed by atoms with Gasteiger partial charge < -0.3 is 15.0 Å². The average molecular weight is 358 g/mol. The highest BCUT2D eigenvalue weighted by molar-refractivity contribution is 5.99. The predicted octanol–water partition coefficient (Wildman–Crippen LogP) is 2.34. The lowest BCUT2D eigenvalue weighted by Gasteiger charge is -2.22. The third-order valence-electron chi connectivity index (χ3n) is 5.12. The molecule has 6 nitrogen and oxygen atoms in total. The molecule has 1 saturated carbocycles. The lowest BCUT2D eigenvalue weighted by Crippen LogP contribution is -2.39. The molecule has 0 radical (unpaired) electrons. The summed E-state index contributed by atoms with van der Waals surface area (Å²) >= 11 is 0. The number of nitrogens with zero attached hydrogens (tertiary/aromatic N) is 1. The Balaban J connectivity index is 1.47. The van der Waals surface area contributed by atoms with Gasteiger partial charge in [0.1, 0.15) is 0 Å². The Hall–Kier alpha value is -2.37. The molecule has 3 rings (SSSR count). The number of benzene rings is 1. The molecule has 1 saturated heterocycles. The van der Waals surface area contributed by atoms with Crippen molar-refractivity contribution in [2.24, 2.45) is 5.92 Å². The van der Waals surface area contributed by atoms with Crippen LogP contribution in [0, 0.1) is 12.8 Å². The molecule has 1 aromatic rings. The summed E-state index contributed by atoms with van der Waals surface area (Å²) in [6.07, 6.45) is 5.57. The van der Waals surface area contributed by atoms with Crippen LogP contribution >= 0.6 is 0 Å². The van der Waals surface area contributed by atoms with E-state index in [1.807, 2.05) is 31.2 Å². The number of ether oxygens (including phenoxy) is 1. The van der Waals surface area contributed by atoms with Crippen LogP contribution in [-0.2, 0) is 19.1 Å². The van der Waals surface area contributed by atoms with Crippen LogP contribution in [-0.4, -0.2) is 37.0 Å². The number of anilines is 1. The van der Waals surface area contributed by atoms with Crippen LogP contribution in [0.25, 0.3) is 0 Å². The fraction of sp³-hybridized carbons (Fsp3) is 0.550. The van der Waals surface area contributed by atoms with E-state index in [9.17, 15) is 14.4 Å². The molecule has 26 heavy (non-hydrogen) atoms. The highest BCUT2D eigenvalue weighted by Gasteiger charge is 2.36. The van der Waals surface area contributed by atoms with Crippen molar-refractivity contribution in [1.29, 1.82) is 0 Å². The molecule has 2 fully saturated rings. The zero-order valence-corrected chi connectivity index (χ0v) is 15.2. The number of hydrogen-bond donors (Lipinski definition) is 1. The first-order valence-corrected chi connectivity index (χ1v) is 9.36. The van der Waals surface area contributed by atoms with Gasteiger partial charge in [-0.05, 0) is 31.9 Å². The molecule has 0 spiro atoms. The molecule has 2 amide bonds. The van der Waals surface area contributed by atoms with Gasteiger partial charge in [-0.25, -0.2) is 0 Å². The van der Waals surface area contributed by atoms with E-state index >= 15 is 0 Å². The summed E-state index contributed by atoms with van der Waals surface area (Å²) in [6.45, 7) is 2.00. The van der Waals surface area contributed by atoms with E-state index in [2.05, 4.69) is 5.32 Å². The average Bonchev–Trinajstić information content (AvgIpc) is 3.03. The molecular weight excluding hydrogens is 332 g/mol. The van der Waals surface area contributed by atoms with E-state index in [0.717, 1.165) is 36.9 Å². The van der Waals surface area contributed by atoms with Crippen molar-refractivity contribution in [3.05, 3.63) is 29.8 Å². The molecule has 0 bridgehead atoms. The third-order valence-corrected chi connectivity index (χ3v) is 5.12. The molecule has 1 aliphatic heterocycles. The molecule has 1 aromatic carbocycles. The lowest BCUT2D eigenvalue weighted by molar-refractivity contribution is -0.152. The summed E-state index contributed by atoms with van der Waals surface area (Å²) in [4.78, 5) is 38.0. The molecule has 1 atom stereocenters. The normalized spacial score (nSPS) is 20.9. The molecule has 0 aromatic heterocycles. The molecule has 140 valence electrons. The monoisotopic (exact) mass is 358 g/mol. The van der Waals surface area contributed by atoms with Crippen molar-refractivity contribution in [2.45, 2.75) is 51.5 Å². The second-order valence-corrected chi connectivity index (χ2v) is 7.25. The van der Waals surface area contributed by atoms with E-state index in [1.54, 1.807) is 4.90 Å². The quantitative estimate of drug-likeness (QED) is 0.820. The third kappa shape index (κ3) is 4.62. The highest BCUT2D eigenvalue weighted by atomic mass is 16.5. The second kappa shape index (κ2) is 8.34. The summed E-state index contributed by atoms with van der Waals surface area (Å²) in [5.41, 5.74) is 1.89. The number of nitrogens with one attached hydrogen (secondary N) is 1. The number of esters is 1. The van der Waals surface area contributed by atoms with Gasteiger partial charge in [-0.1, -0.05) is 37.0 Å². The standard InChI is InChI=1S/C20H26N2O4/c1-14-7-9-17(10-8-14)22-12-15(11-19(22)24)20(25)26-13-18(23)21-16-5-3-2-4-6-16/h7-10,15-16H,2-6,11-13H2,1H3,(H,21,23)/t15-/m1/s1. The van der Waals surface area contributed by atoms with E-state index < -0.39 is 11.9 Å². The number of carbonyl (C=O) groups excluding carboxylic acids is 3. The fourth-order valence-corrected chi connectivity index (χ4v) is 3.61. The van der Waals surface area contributed by atoms with Crippen LogP contribution in [0.1, 0.15) is 44.1 Å². The molecule has 0 unspecified atom stereocenters. The largest absolute Gasteiger partial charge is 0.455 e. The summed E-state index contributed by atoms with van der Waals surface area (Å²) < 4.78 is 5.15. The number of amides is 2. The number of hydrogen-bond acceptors (Lipinski definition) is 4. The molecule has 2 aliphatic rings. The van der Waals surface area contributed by atoms with Gasteiger partial charge in [0, 0.05) is 24.7 Å². The van der Waals surface area contributed by atoms with Gasteiger partial charge in [0.15, 0.2) is 6.61 Å². The van der Waals surface area contributed by atoms with Crippen molar-refractivity contribution < 1.29 is 19.1 Å². The van der Waals surface area contributed by atoms with Gasteiger partial charge in [-0.2, -0.15) is 0 Å². The lowest BCUT2D eigenvalue weighted by atomic mass is 9.95. The SMILES string of the molecule is Cc1ccc(N2C[C@H](C(=O)OCC(=O)NC3CCCCC3)CC2=O)cc1. The van der Waals surface area contributed by atoms with Crippen LogP contribution in [0.3, 0.4) is 0 Å². The van der Waals surface area contributed by atoms with E-state index in [4.69, 9.17) is 4.74 Å². The van der Waals surface area contributed by atoms with Gasteiger partial charge in [0.2, 0.25) is 5.91 Å². The van der Waals surface area contributed by atoms with Gasteiger partial charge in [0.25, 0.3) is 5.91 Å². The first-order chi connectivity index (χ1) is 12.5. The van der Waals surface area contributed by atoms with E-state index in [1.165, 1.54) is 6.42 Å².